The first-order valence-corrected chi connectivity index (χ1v) is 6.57. The van der Waals surface area contributed by atoms with Crippen molar-refractivity contribution in [2.24, 2.45) is 5.92 Å². The molecule has 2 rings (SSSR count). The molecule has 13 heavy (non-hydrogen) atoms. The van der Waals surface area contributed by atoms with E-state index in [2.05, 4.69) is 15.9 Å². The zero-order chi connectivity index (χ0) is 9.85. The minimum absolute atomic E-state index is 0.279. The van der Waals surface area contributed by atoms with Gasteiger partial charge in [-0.2, -0.15) is 0 Å². The van der Waals surface area contributed by atoms with E-state index in [1.165, 1.54) is 0 Å². The number of hydrogen-bond acceptors (Lipinski definition) is 0. The summed E-state index contributed by atoms with van der Waals surface area (Å²) in [7, 11) is 0. The average molecular weight is 325 g/mol. The van der Waals surface area contributed by atoms with Crippen LogP contribution in [-0.4, -0.2) is 15.1 Å². The standard InChI is InChI=1S/C8H7BrCl4/c9-2-4-1-7(12)3-8(4,13)6(11)5(7)10/h4H,1-3H2/t4-,7-,8+/m0/s1. The van der Waals surface area contributed by atoms with Crippen molar-refractivity contribution >= 4 is 62.3 Å². The Hall–Kier alpha value is 1.38. The Balaban J connectivity index is 2.46. The summed E-state index contributed by atoms with van der Waals surface area (Å²) in [5.41, 5.74) is 0. The molecule has 0 unspecified atom stereocenters. The Kier molecular flexibility index (Phi) is 2.67. The molecule has 0 N–H and O–H groups in total. The maximum atomic E-state index is 6.41. The number of hydrogen-bond donors (Lipinski definition) is 0. The molecule has 1 fully saturated rings. The van der Waals surface area contributed by atoms with E-state index in [-0.39, 0.29) is 5.92 Å². The molecule has 0 aromatic heterocycles. The van der Waals surface area contributed by atoms with Crippen molar-refractivity contribution in [1.82, 2.24) is 0 Å². The second-order valence-electron chi connectivity index (χ2n) is 3.69. The average Bonchev–Trinajstić information content (AvgIpc) is 2.44. The second kappa shape index (κ2) is 3.18. The maximum Gasteiger partial charge on any atom is 0.0870 e. The third kappa shape index (κ3) is 1.31. The van der Waals surface area contributed by atoms with Crippen LogP contribution in [0.3, 0.4) is 0 Å². The minimum atomic E-state index is -0.524. The number of halogens is 5. The van der Waals surface area contributed by atoms with E-state index in [1.807, 2.05) is 0 Å². The molecule has 5 heteroatoms. The summed E-state index contributed by atoms with van der Waals surface area (Å²) in [5, 5.41) is 1.90. The fraction of sp³-hybridized carbons (Fsp3) is 0.750. The quantitative estimate of drug-likeness (QED) is 0.625. The van der Waals surface area contributed by atoms with E-state index in [0.29, 0.717) is 16.5 Å². The second-order valence-corrected chi connectivity index (χ2v) is 6.49. The molecule has 1 saturated carbocycles. The molecule has 0 radical (unpaired) electrons. The summed E-state index contributed by atoms with van der Waals surface area (Å²) in [5.74, 6) is 0.279. The van der Waals surface area contributed by atoms with Crippen molar-refractivity contribution in [2.45, 2.75) is 22.6 Å². The van der Waals surface area contributed by atoms with Gasteiger partial charge in [-0.05, 0) is 18.8 Å². The van der Waals surface area contributed by atoms with E-state index in [1.54, 1.807) is 0 Å². The fourth-order valence-electron chi connectivity index (χ4n) is 2.16. The van der Waals surface area contributed by atoms with Gasteiger partial charge in [0, 0.05) is 5.33 Å². The molecule has 0 aromatic carbocycles. The third-order valence-corrected chi connectivity index (χ3v) is 6.15. The van der Waals surface area contributed by atoms with Gasteiger partial charge in [0.1, 0.15) is 0 Å². The molecule has 3 atom stereocenters. The summed E-state index contributed by atoms with van der Waals surface area (Å²) in [4.78, 5) is -1.03. The SMILES string of the molecule is ClC1=C(Cl)[C@@]2(Cl)C[C@@]1(Cl)C[C@H]2CBr. The van der Waals surface area contributed by atoms with Crippen molar-refractivity contribution < 1.29 is 0 Å². The highest BCUT2D eigenvalue weighted by Crippen LogP contribution is 2.65. The Morgan fingerprint density at radius 3 is 2.31 bits per heavy atom. The van der Waals surface area contributed by atoms with Gasteiger partial charge in [-0.25, -0.2) is 0 Å². The van der Waals surface area contributed by atoms with Gasteiger partial charge in [0.05, 0.1) is 19.8 Å². The molecule has 0 spiro atoms. The van der Waals surface area contributed by atoms with Crippen LogP contribution in [-0.2, 0) is 0 Å². The van der Waals surface area contributed by atoms with Gasteiger partial charge < -0.3 is 0 Å². The van der Waals surface area contributed by atoms with Crippen LogP contribution in [0.2, 0.25) is 0 Å². The van der Waals surface area contributed by atoms with Gasteiger partial charge >= 0.3 is 0 Å². The third-order valence-electron chi connectivity index (χ3n) is 2.89. The minimum Gasteiger partial charge on any atom is -0.113 e. The fourth-order valence-corrected chi connectivity index (χ4v) is 4.97. The van der Waals surface area contributed by atoms with Gasteiger partial charge in [-0.3, -0.25) is 0 Å². The van der Waals surface area contributed by atoms with Gasteiger partial charge in [-0.1, -0.05) is 39.1 Å². The maximum absolute atomic E-state index is 6.41. The van der Waals surface area contributed by atoms with Crippen LogP contribution in [0.1, 0.15) is 12.8 Å². The summed E-state index contributed by atoms with van der Waals surface area (Å²) < 4.78 is 0. The molecule has 2 aliphatic rings. The van der Waals surface area contributed by atoms with Crippen molar-refractivity contribution in [2.75, 3.05) is 5.33 Å². The largest absolute Gasteiger partial charge is 0.113 e. The molecule has 2 bridgehead atoms. The zero-order valence-electron chi connectivity index (χ0n) is 6.59. The lowest BCUT2D eigenvalue weighted by molar-refractivity contribution is 0.527. The molecule has 0 heterocycles. The van der Waals surface area contributed by atoms with Gasteiger partial charge in [0.25, 0.3) is 0 Å². The monoisotopic (exact) mass is 322 g/mol. The molecule has 0 aromatic rings. The number of allylic oxidation sites excluding steroid dienone is 2. The van der Waals surface area contributed by atoms with E-state index in [4.69, 9.17) is 46.4 Å². The van der Waals surface area contributed by atoms with Gasteiger partial charge in [0.2, 0.25) is 0 Å². The molecule has 0 amide bonds. The van der Waals surface area contributed by atoms with E-state index in [9.17, 15) is 0 Å². The zero-order valence-corrected chi connectivity index (χ0v) is 11.2. The molecule has 74 valence electrons. The number of alkyl halides is 3. The number of rotatable bonds is 1. The van der Waals surface area contributed by atoms with E-state index < -0.39 is 9.75 Å². The lowest BCUT2D eigenvalue weighted by Crippen LogP contribution is -2.28. The van der Waals surface area contributed by atoms with Crippen LogP contribution in [0.15, 0.2) is 10.1 Å². The first-order chi connectivity index (χ1) is 5.94. The van der Waals surface area contributed by atoms with Crippen LogP contribution < -0.4 is 0 Å². The summed E-state index contributed by atoms with van der Waals surface area (Å²) in [6, 6.07) is 0. The summed E-state index contributed by atoms with van der Waals surface area (Å²) in [6.45, 7) is 0. The van der Waals surface area contributed by atoms with Gasteiger partial charge in [-0.15, -0.1) is 23.2 Å². The highest BCUT2D eigenvalue weighted by atomic mass is 79.9. The van der Waals surface area contributed by atoms with Crippen LogP contribution in [0.25, 0.3) is 0 Å². The Morgan fingerprint density at radius 2 is 1.92 bits per heavy atom. The van der Waals surface area contributed by atoms with Crippen molar-refractivity contribution in [3.63, 3.8) is 0 Å². The molecule has 2 aliphatic carbocycles. The predicted octanol–water partition coefficient (Wildman–Crippen LogP) is 4.45. The van der Waals surface area contributed by atoms with Crippen LogP contribution in [0, 0.1) is 5.92 Å². The summed E-state index contributed by atoms with van der Waals surface area (Å²) >= 11 is 28.3. The van der Waals surface area contributed by atoms with E-state index >= 15 is 0 Å². The predicted molar refractivity (Wildman–Crippen MR) is 62.4 cm³/mol. The molecule has 0 aliphatic heterocycles. The van der Waals surface area contributed by atoms with Crippen LogP contribution in [0.5, 0.6) is 0 Å². The Labute approximate surface area is 106 Å². The lowest BCUT2D eigenvalue weighted by Gasteiger charge is -2.28. The van der Waals surface area contributed by atoms with Crippen molar-refractivity contribution in [3.05, 3.63) is 10.1 Å². The Bertz CT molecular complexity index is 290. The highest BCUT2D eigenvalue weighted by Gasteiger charge is 2.62. The van der Waals surface area contributed by atoms with Crippen LogP contribution in [0.4, 0.5) is 0 Å². The lowest BCUT2D eigenvalue weighted by atomic mass is 9.94. The highest BCUT2D eigenvalue weighted by molar-refractivity contribution is 9.09. The molecule has 0 saturated heterocycles. The first-order valence-electron chi connectivity index (χ1n) is 3.94. The first kappa shape index (κ1) is 10.9. The van der Waals surface area contributed by atoms with E-state index in [0.717, 1.165) is 11.8 Å². The Morgan fingerprint density at radius 1 is 1.31 bits per heavy atom. The van der Waals surface area contributed by atoms with Crippen molar-refractivity contribution in [3.8, 4) is 0 Å². The van der Waals surface area contributed by atoms with Crippen LogP contribution >= 0.6 is 62.3 Å². The molecular formula is C8H7BrCl4. The van der Waals surface area contributed by atoms with Gasteiger partial charge in [0.15, 0.2) is 0 Å². The normalized spacial score (nSPS) is 49.2. The summed E-state index contributed by atoms with van der Waals surface area (Å²) in [6.07, 6.45) is 1.45. The van der Waals surface area contributed by atoms with Crippen molar-refractivity contribution in [1.29, 1.82) is 0 Å². The molecule has 0 nitrogen and oxygen atoms in total. The topological polar surface area (TPSA) is 0 Å². The molecular weight excluding hydrogens is 318 g/mol. The number of fused-ring (bicyclic) bond motifs is 2. The smallest absolute Gasteiger partial charge is 0.0870 e.